The Balaban J connectivity index is 1.22. The van der Waals surface area contributed by atoms with Gasteiger partial charge in [-0.15, -0.1) is 0 Å². The van der Waals surface area contributed by atoms with Crippen molar-refractivity contribution < 1.29 is 23.9 Å². The normalized spacial score (nSPS) is 10.9. The molecule has 3 aromatic heterocycles. The van der Waals surface area contributed by atoms with E-state index in [1.807, 2.05) is 34.9 Å². The smallest absolute Gasteiger partial charge is 0.297 e. The van der Waals surface area contributed by atoms with Crippen LogP contribution in [0.1, 0.15) is 33.7 Å². The van der Waals surface area contributed by atoms with Crippen LogP contribution in [0.25, 0.3) is 11.0 Å². The van der Waals surface area contributed by atoms with Crippen LogP contribution >= 0.6 is 23.2 Å². The first-order valence-electron chi connectivity index (χ1n) is 14.9. The van der Waals surface area contributed by atoms with Crippen molar-refractivity contribution in [1.82, 2.24) is 30.2 Å². The third-order valence-corrected chi connectivity index (χ3v) is 8.35. The fraction of sp³-hybridized carbons (Fsp3) is 0.235. The largest absolute Gasteiger partial charge is 0.486 e. The van der Waals surface area contributed by atoms with Crippen molar-refractivity contribution in [1.29, 1.82) is 0 Å². The van der Waals surface area contributed by atoms with Crippen LogP contribution in [0.2, 0.25) is 10.0 Å². The lowest BCUT2D eigenvalue weighted by Crippen LogP contribution is -2.38. The summed E-state index contributed by atoms with van der Waals surface area (Å²) in [4.78, 5) is 51.7. The number of carbonyl (C=O) groups is 3. The zero-order valence-corrected chi connectivity index (χ0v) is 28.0. The number of rotatable bonds is 13. The number of carbonyl (C=O) groups excluding carboxylic acids is 3. The Morgan fingerprint density at radius 3 is 2.54 bits per heavy atom. The summed E-state index contributed by atoms with van der Waals surface area (Å²) < 4.78 is 13.7. The van der Waals surface area contributed by atoms with Crippen molar-refractivity contribution in [2.45, 2.75) is 26.0 Å². The minimum absolute atomic E-state index is 0.00223. The highest BCUT2D eigenvalue weighted by Gasteiger charge is 2.21. The molecule has 0 atom stereocenters. The maximum atomic E-state index is 13.0. The molecule has 3 heterocycles. The molecule has 5 rings (SSSR count). The summed E-state index contributed by atoms with van der Waals surface area (Å²) in [6.45, 7) is 0.215. The lowest BCUT2D eigenvalue weighted by Gasteiger charge is -2.21. The number of nitrogens with one attached hydrogen (secondary N) is 2. The zero-order valence-electron chi connectivity index (χ0n) is 26.5. The summed E-state index contributed by atoms with van der Waals surface area (Å²) in [5.41, 5.74) is 4.19. The zero-order chi connectivity index (χ0) is 34.2. The Morgan fingerprint density at radius 1 is 1.00 bits per heavy atom. The van der Waals surface area contributed by atoms with E-state index >= 15 is 0 Å². The number of amides is 3. The minimum atomic E-state index is -0.383. The highest BCUT2D eigenvalue weighted by Crippen LogP contribution is 2.36. The molecule has 0 aliphatic carbocycles. The van der Waals surface area contributed by atoms with E-state index in [0.717, 1.165) is 16.8 Å². The van der Waals surface area contributed by atoms with Gasteiger partial charge in [0.1, 0.15) is 23.6 Å². The number of pyridine rings is 2. The predicted molar refractivity (Wildman–Crippen MR) is 183 cm³/mol. The first-order chi connectivity index (χ1) is 23.2. The van der Waals surface area contributed by atoms with Crippen LogP contribution < -0.4 is 25.0 Å². The molecule has 0 aliphatic rings. The molecule has 12 nitrogen and oxygen atoms in total. The molecule has 0 radical (unpaired) electrons. The molecule has 0 spiro atoms. The quantitative estimate of drug-likeness (QED) is 0.179. The maximum absolute atomic E-state index is 13.0. The molecule has 3 amide bonds. The molecule has 248 valence electrons. The minimum Gasteiger partial charge on any atom is -0.486 e. The standard InChI is InChI=1S/C34H33Cl2N7O5/c1-37-33(46)25-13-10-21(17-39-25)11-15-29(44)40-18-30(45)42(2)26-14-12-24(35)23(31(26)36)20-48-28-9-6-8-27-32(28)41-34(47-3)43(27)19-22-7-4-5-16-38-22/h4-10,12-14,16-17H,11,15,18-20H2,1-3H3,(H,37,46)(H,40,44). The Kier molecular flexibility index (Phi) is 11.1. The van der Waals surface area contributed by atoms with Crippen LogP contribution in [-0.2, 0) is 29.2 Å². The van der Waals surface area contributed by atoms with Gasteiger partial charge in [0, 0.05) is 43.5 Å². The number of halogens is 2. The number of aromatic nitrogens is 4. The van der Waals surface area contributed by atoms with Crippen LogP contribution in [0.4, 0.5) is 5.69 Å². The number of benzene rings is 2. The summed E-state index contributed by atoms with van der Waals surface area (Å²) in [7, 11) is 4.65. The number of hydrogen-bond acceptors (Lipinski definition) is 8. The predicted octanol–water partition coefficient (Wildman–Crippen LogP) is 4.84. The van der Waals surface area contributed by atoms with Gasteiger partial charge in [-0.2, -0.15) is 4.98 Å². The number of likely N-dealkylation sites (N-methyl/N-ethyl adjacent to an activating group) is 1. The van der Waals surface area contributed by atoms with Gasteiger partial charge >= 0.3 is 0 Å². The molecule has 2 aromatic carbocycles. The third kappa shape index (κ3) is 7.84. The van der Waals surface area contributed by atoms with E-state index in [1.165, 1.54) is 11.9 Å². The SMILES string of the molecule is CNC(=O)c1ccc(CCC(=O)NCC(=O)N(C)c2ccc(Cl)c(COc3cccc4c3nc(OC)n4Cc3ccccn3)c2Cl)cn1. The Hall–Kier alpha value is -5.20. The van der Waals surface area contributed by atoms with Crippen molar-refractivity contribution >= 4 is 57.6 Å². The van der Waals surface area contributed by atoms with Crippen molar-refractivity contribution in [3.63, 3.8) is 0 Å². The van der Waals surface area contributed by atoms with E-state index in [9.17, 15) is 14.4 Å². The average Bonchev–Trinajstić information content (AvgIpc) is 3.47. The molecule has 14 heteroatoms. The third-order valence-electron chi connectivity index (χ3n) is 7.57. The molecule has 5 aromatic rings. The highest BCUT2D eigenvalue weighted by molar-refractivity contribution is 6.38. The molecule has 0 fully saturated rings. The number of ether oxygens (including phenoxy) is 2. The monoisotopic (exact) mass is 689 g/mol. The summed E-state index contributed by atoms with van der Waals surface area (Å²) in [6, 6.07) is 18.3. The molecule has 0 aliphatic heterocycles. The molecular weight excluding hydrogens is 657 g/mol. The first-order valence-corrected chi connectivity index (χ1v) is 15.7. The highest BCUT2D eigenvalue weighted by atomic mass is 35.5. The van der Waals surface area contributed by atoms with Crippen LogP contribution in [0.3, 0.4) is 0 Å². The van der Waals surface area contributed by atoms with Gasteiger partial charge in [-0.25, -0.2) is 0 Å². The van der Waals surface area contributed by atoms with Crippen LogP contribution in [-0.4, -0.2) is 65.0 Å². The van der Waals surface area contributed by atoms with Gasteiger partial charge in [0.15, 0.2) is 0 Å². The number of methoxy groups -OCH3 is 1. The molecule has 48 heavy (non-hydrogen) atoms. The van der Waals surface area contributed by atoms with Crippen molar-refractivity contribution in [3.05, 3.63) is 106 Å². The summed E-state index contributed by atoms with van der Waals surface area (Å²) in [5.74, 6) is -0.488. The number of imidazole rings is 1. The average molecular weight is 691 g/mol. The number of anilines is 1. The molecular formula is C34H33Cl2N7O5. The van der Waals surface area contributed by atoms with E-state index in [0.29, 0.717) is 46.5 Å². The van der Waals surface area contributed by atoms with Gasteiger partial charge in [0.2, 0.25) is 11.8 Å². The molecule has 0 bridgehead atoms. The Bertz CT molecular complexity index is 1930. The van der Waals surface area contributed by atoms with Gasteiger partial charge in [-0.3, -0.25) is 28.9 Å². The van der Waals surface area contributed by atoms with E-state index < -0.39 is 0 Å². The van der Waals surface area contributed by atoms with E-state index in [4.69, 9.17) is 32.7 Å². The van der Waals surface area contributed by atoms with Crippen molar-refractivity contribution in [2.75, 3.05) is 32.6 Å². The maximum Gasteiger partial charge on any atom is 0.297 e. The number of fused-ring (bicyclic) bond motifs is 1. The van der Waals surface area contributed by atoms with Gasteiger partial charge in [0.05, 0.1) is 42.1 Å². The number of hydrogen-bond donors (Lipinski definition) is 2. The van der Waals surface area contributed by atoms with Crippen LogP contribution in [0, 0.1) is 0 Å². The van der Waals surface area contributed by atoms with Crippen LogP contribution in [0.5, 0.6) is 11.8 Å². The second-order valence-corrected chi connectivity index (χ2v) is 11.4. The Labute approximate surface area is 287 Å². The fourth-order valence-electron chi connectivity index (χ4n) is 4.91. The second kappa shape index (κ2) is 15.6. The van der Waals surface area contributed by atoms with Crippen LogP contribution in [0.15, 0.2) is 73.1 Å². The van der Waals surface area contributed by atoms with E-state index in [2.05, 4.69) is 25.6 Å². The number of nitrogens with zero attached hydrogens (tertiary/aromatic N) is 5. The summed E-state index contributed by atoms with van der Waals surface area (Å²) >= 11 is 13.3. The fourth-order valence-corrected chi connectivity index (χ4v) is 5.52. The topological polar surface area (TPSA) is 141 Å². The van der Waals surface area contributed by atoms with E-state index in [-0.39, 0.29) is 48.0 Å². The van der Waals surface area contributed by atoms with E-state index in [1.54, 1.807) is 56.9 Å². The van der Waals surface area contributed by atoms with Gasteiger partial charge in [-0.05, 0) is 54.4 Å². The number of aryl methyl sites for hydroxylation is 1. The molecule has 0 unspecified atom stereocenters. The summed E-state index contributed by atoms with van der Waals surface area (Å²) in [6.07, 6.45) is 3.82. The molecule has 0 saturated heterocycles. The van der Waals surface area contributed by atoms with Gasteiger partial charge in [0.25, 0.3) is 11.9 Å². The lowest BCUT2D eigenvalue weighted by molar-refractivity contribution is -0.124. The second-order valence-electron chi connectivity index (χ2n) is 10.6. The van der Waals surface area contributed by atoms with Gasteiger partial charge < -0.3 is 25.0 Å². The number of para-hydroxylation sites is 1. The molecule has 2 N–H and O–H groups in total. The van der Waals surface area contributed by atoms with Crippen molar-refractivity contribution in [2.24, 2.45) is 0 Å². The molecule has 0 saturated carbocycles. The summed E-state index contributed by atoms with van der Waals surface area (Å²) in [5, 5.41) is 5.75. The van der Waals surface area contributed by atoms with Crippen molar-refractivity contribution in [3.8, 4) is 11.8 Å². The Morgan fingerprint density at radius 2 is 1.83 bits per heavy atom. The van der Waals surface area contributed by atoms with Gasteiger partial charge in [-0.1, -0.05) is 41.4 Å². The lowest BCUT2D eigenvalue weighted by atomic mass is 10.1. The first kappa shape index (κ1) is 34.1.